The summed E-state index contributed by atoms with van der Waals surface area (Å²) in [7, 11) is 0. The van der Waals surface area contributed by atoms with Gasteiger partial charge >= 0.3 is 5.97 Å². The largest absolute Gasteiger partial charge is 0.480 e. The molecule has 1 unspecified atom stereocenters. The molecule has 118 valence electrons. The minimum atomic E-state index is -1.24. The maximum Gasteiger partial charge on any atom is 0.325 e. The van der Waals surface area contributed by atoms with Crippen molar-refractivity contribution >= 4 is 17.8 Å². The van der Waals surface area contributed by atoms with Crippen molar-refractivity contribution in [3.8, 4) is 0 Å². The minimum absolute atomic E-state index is 0.0241. The van der Waals surface area contributed by atoms with Crippen LogP contribution in [0.3, 0.4) is 0 Å². The molecule has 0 bridgehead atoms. The zero-order valence-corrected chi connectivity index (χ0v) is 12.2. The predicted octanol–water partition coefficient (Wildman–Crippen LogP) is -1.84. The number of rotatable bonds is 3. The Morgan fingerprint density at radius 3 is 2.14 bits per heavy atom. The van der Waals surface area contributed by atoms with E-state index >= 15 is 0 Å². The molecular weight excluding hydrogens is 276 g/mol. The van der Waals surface area contributed by atoms with Crippen molar-refractivity contribution in [1.29, 1.82) is 0 Å². The highest BCUT2D eigenvalue weighted by molar-refractivity contribution is 5.81. The van der Waals surface area contributed by atoms with Crippen LogP contribution >= 0.6 is 0 Å². The lowest BCUT2D eigenvalue weighted by molar-refractivity contribution is -0.143. The summed E-state index contributed by atoms with van der Waals surface area (Å²) in [5.41, 5.74) is 4.55. The van der Waals surface area contributed by atoms with Gasteiger partial charge in [-0.05, 0) is 6.42 Å². The zero-order valence-electron chi connectivity index (χ0n) is 12.2. The molecule has 8 heteroatoms. The van der Waals surface area contributed by atoms with Crippen molar-refractivity contribution in [2.45, 2.75) is 18.9 Å². The monoisotopic (exact) mass is 298 g/mol. The fourth-order valence-electron chi connectivity index (χ4n) is 2.79. The maximum atomic E-state index is 12.2. The molecule has 2 saturated heterocycles. The van der Waals surface area contributed by atoms with Gasteiger partial charge in [0.05, 0.1) is 6.54 Å². The highest BCUT2D eigenvalue weighted by Gasteiger charge is 2.42. The van der Waals surface area contributed by atoms with E-state index < -0.39 is 11.5 Å². The molecule has 0 radical (unpaired) electrons. The Labute approximate surface area is 123 Å². The summed E-state index contributed by atoms with van der Waals surface area (Å²) in [5, 5.41) is 9.07. The van der Waals surface area contributed by atoms with E-state index in [1.54, 1.807) is 14.7 Å². The number of amides is 2. The van der Waals surface area contributed by atoms with E-state index in [4.69, 9.17) is 10.8 Å². The molecule has 2 aliphatic rings. The van der Waals surface area contributed by atoms with Gasteiger partial charge in [0.15, 0.2) is 0 Å². The molecule has 2 amide bonds. The number of aliphatic carboxylic acids is 1. The molecule has 2 aliphatic heterocycles. The van der Waals surface area contributed by atoms with Gasteiger partial charge in [-0.25, -0.2) is 0 Å². The zero-order chi connectivity index (χ0) is 15.6. The number of piperazine rings is 1. The second kappa shape index (κ2) is 5.98. The summed E-state index contributed by atoms with van der Waals surface area (Å²) >= 11 is 0. The first kappa shape index (κ1) is 15.7. The maximum absolute atomic E-state index is 12.2. The summed E-state index contributed by atoms with van der Waals surface area (Å²) in [6, 6.07) is 0. The Morgan fingerprint density at radius 1 is 1.10 bits per heavy atom. The number of nitrogens with two attached hydrogens (primary N) is 1. The third-order valence-corrected chi connectivity index (χ3v) is 4.24. The van der Waals surface area contributed by atoms with Crippen LogP contribution < -0.4 is 5.73 Å². The van der Waals surface area contributed by atoms with Gasteiger partial charge in [0.2, 0.25) is 11.8 Å². The van der Waals surface area contributed by atoms with Crippen LogP contribution in [-0.2, 0) is 14.4 Å². The van der Waals surface area contributed by atoms with Gasteiger partial charge in [0, 0.05) is 46.2 Å². The second-order valence-corrected chi connectivity index (χ2v) is 5.81. The molecule has 0 aromatic rings. The Balaban J connectivity index is 1.81. The van der Waals surface area contributed by atoms with Gasteiger partial charge in [-0.2, -0.15) is 0 Å². The van der Waals surface area contributed by atoms with Crippen molar-refractivity contribution in [1.82, 2.24) is 14.7 Å². The molecule has 8 nitrogen and oxygen atoms in total. The summed E-state index contributed by atoms with van der Waals surface area (Å²) in [5.74, 6) is -1.03. The highest BCUT2D eigenvalue weighted by atomic mass is 16.4. The lowest BCUT2D eigenvalue weighted by Crippen LogP contribution is -2.53. The lowest BCUT2D eigenvalue weighted by atomic mass is 10.0. The van der Waals surface area contributed by atoms with E-state index in [2.05, 4.69) is 0 Å². The fourth-order valence-corrected chi connectivity index (χ4v) is 2.79. The molecule has 0 aromatic heterocycles. The van der Waals surface area contributed by atoms with Crippen LogP contribution in [0.25, 0.3) is 0 Å². The van der Waals surface area contributed by atoms with E-state index in [1.807, 2.05) is 0 Å². The van der Waals surface area contributed by atoms with Crippen LogP contribution in [-0.4, -0.2) is 88.9 Å². The first-order valence-electron chi connectivity index (χ1n) is 7.10. The van der Waals surface area contributed by atoms with Crippen LogP contribution in [0.2, 0.25) is 0 Å². The number of nitrogens with zero attached hydrogens (tertiary/aromatic N) is 3. The molecule has 1 atom stereocenters. The number of carbonyl (C=O) groups excluding carboxylic acids is 2. The smallest absolute Gasteiger partial charge is 0.325 e. The standard InChI is InChI=1S/C13H22N4O4/c1-10(18)16-4-6-17(7-5-16)11(19)8-15-3-2-13(14,9-15)12(20)21/h2-9,14H2,1H3,(H,20,21). The molecule has 0 aliphatic carbocycles. The van der Waals surface area contributed by atoms with Crippen LogP contribution in [0, 0.1) is 0 Å². The van der Waals surface area contributed by atoms with Gasteiger partial charge in [0.25, 0.3) is 0 Å². The van der Waals surface area contributed by atoms with Gasteiger partial charge in [-0.3, -0.25) is 19.3 Å². The number of hydrogen-bond donors (Lipinski definition) is 2. The number of carboxylic acid groups (broad SMARTS) is 1. The number of hydrogen-bond acceptors (Lipinski definition) is 5. The SMILES string of the molecule is CC(=O)N1CCN(C(=O)CN2CCC(N)(C(=O)O)C2)CC1. The topological polar surface area (TPSA) is 107 Å². The van der Waals surface area contributed by atoms with Crippen LogP contribution in [0.4, 0.5) is 0 Å². The van der Waals surface area contributed by atoms with Gasteiger partial charge in [-0.15, -0.1) is 0 Å². The average Bonchev–Trinajstić information content (AvgIpc) is 2.81. The van der Waals surface area contributed by atoms with E-state index in [0.29, 0.717) is 39.1 Å². The molecule has 2 rings (SSSR count). The van der Waals surface area contributed by atoms with Crippen LogP contribution in [0.15, 0.2) is 0 Å². The Bertz CT molecular complexity index is 447. The number of likely N-dealkylation sites (tertiary alicyclic amines) is 1. The van der Waals surface area contributed by atoms with Gasteiger partial charge in [-0.1, -0.05) is 0 Å². The first-order valence-corrected chi connectivity index (χ1v) is 7.10. The molecule has 2 fully saturated rings. The van der Waals surface area contributed by atoms with E-state index in [0.717, 1.165) is 0 Å². The second-order valence-electron chi connectivity index (χ2n) is 5.81. The molecule has 0 spiro atoms. The quantitative estimate of drug-likeness (QED) is 0.634. The average molecular weight is 298 g/mol. The number of carbonyl (C=O) groups is 3. The first-order chi connectivity index (χ1) is 9.82. The highest BCUT2D eigenvalue weighted by Crippen LogP contribution is 2.19. The third kappa shape index (κ3) is 3.51. The molecule has 0 saturated carbocycles. The summed E-state index contributed by atoms with van der Waals surface area (Å²) in [6.07, 6.45) is 0.355. The van der Waals surface area contributed by atoms with Crippen LogP contribution in [0.5, 0.6) is 0 Å². The Hall–Kier alpha value is -1.67. The summed E-state index contributed by atoms with van der Waals surface area (Å²) < 4.78 is 0. The van der Waals surface area contributed by atoms with Crippen molar-refractivity contribution in [3.05, 3.63) is 0 Å². The van der Waals surface area contributed by atoms with E-state index in [1.165, 1.54) is 6.92 Å². The summed E-state index contributed by atoms with van der Waals surface area (Å²) in [6.45, 7) is 4.58. The lowest BCUT2D eigenvalue weighted by Gasteiger charge is -2.35. The van der Waals surface area contributed by atoms with Gasteiger partial charge in [0.1, 0.15) is 5.54 Å². The third-order valence-electron chi connectivity index (χ3n) is 4.24. The van der Waals surface area contributed by atoms with Gasteiger partial charge < -0.3 is 20.6 Å². The van der Waals surface area contributed by atoms with Crippen molar-refractivity contribution in [3.63, 3.8) is 0 Å². The molecule has 21 heavy (non-hydrogen) atoms. The summed E-state index contributed by atoms with van der Waals surface area (Å²) in [4.78, 5) is 39.7. The van der Waals surface area contributed by atoms with Crippen molar-refractivity contribution in [2.75, 3.05) is 45.8 Å². The van der Waals surface area contributed by atoms with Crippen molar-refractivity contribution < 1.29 is 19.5 Å². The van der Waals surface area contributed by atoms with E-state index in [9.17, 15) is 14.4 Å². The Kier molecular flexibility index (Phi) is 4.48. The minimum Gasteiger partial charge on any atom is -0.480 e. The van der Waals surface area contributed by atoms with Crippen molar-refractivity contribution in [2.24, 2.45) is 5.73 Å². The van der Waals surface area contributed by atoms with E-state index in [-0.39, 0.29) is 24.9 Å². The molecular formula is C13H22N4O4. The Morgan fingerprint density at radius 2 is 1.67 bits per heavy atom. The van der Waals surface area contributed by atoms with Crippen LogP contribution in [0.1, 0.15) is 13.3 Å². The number of carboxylic acids is 1. The predicted molar refractivity (Wildman–Crippen MR) is 74.4 cm³/mol. The molecule has 0 aromatic carbocycles. The normalized spacial score (nSPS) is 27.0. The molecule has 3 N–H and O–H groups in total. The molecule has 2 heterocycles. The fraction of sp³-hybridized carbons (Fsp3) is 0.769.